The van der Waals surface area contributed by atoms with Crippen LogP contribution in [-0.2, 0) is 10.1 Å². The zero-order valence-corrected chi connectivity index (χ0v) is 13.9. The van der Waals surface area contributed by atoms with Crippen molar-refractivity contribution in [3.05, 3.63) is 60.7 Å². The summed E-state index contributed by atoms with van der Waals surface area (Å²) < 4.78 is 61.9. The van der Waals surface area contributed by atoms with Gasteiger partial charge in [0.25, 0.3) is 0 Å². The normalized spacial score (nSPS) is 11.4. The van der Waals surface area contributed by atoms with Gasteiger partial charge in [-0.15, -0.1) is 0 Å². The van der Waals surface area contributed by atoms with Crippen molar-refractivity contribution in [1.82, 2.24) is 0 Å². The van der Waals surface area contributed by atoms with Gasteiger partial charge in [0, 0.05) is 0 Å². The SMILES string of the molecule is O=S(=O)([O-])C(F)(F)F.c1cc[c]([Sb+][c]2ccccc2)cc1. The summed E-state index contributed by atoms with van der Waals surface area (Å²) in [5, 5.41) is 0. The van der Waals surface area contributed by atoms with Crippen LogP contribution in [0.25, 0.3) is 0 Å². The van der Waals surface area contributed by atoms with E-state index < -0.39 is 15.6 Å². The van der Waals surface area contributed by atoms with Gasteiger partial charge in [0.05, 0.1) is 0 Å². The maximum absolute atomic E-state index is 10.7. The first kappa shape index (κ1) is 18.0. The van der Waals surface area contributed by atoms with Crippen LogP contribution in [0, 0.1) is 0 Å². The Bertz CT molecular complexity index is 606. The van der Waals surface area contributed by atoms with E-state index in [1.165, 1.54) is 7.02 Å². The summed E-state index contributed by atoms with van der Waals surface area (Å²) in [6, 6.07) is 21.5. The van der Waals surface area contributed by atoms with Gasteiger partial charge >= 0.3 is 94.8 Å². The van der Waals surface area contributed by atoms with E-state index >= 15 is 0 Å². The molecule has 2 rings (SSSR count). The molecule has 0 saturated heterocycles. The fraction of sp³-hybridized carbons (Fsp3) is 0.0769. The third-order valence-corrected chi connectivity index (χ3v) is 5.80. The van der Waals surface area contributed by atoms with Crippen molar-refractivity contribution < 1.29 is 26.1 Å². The Hall–Kier alpha value is -1.04. The summed E-state index contributed by atoms with van der Waals surface area (Å²) in [4.78, 5) is 0. The predicted molar refractivity (Wildman–Crippen MR) is 73.7 cm³/mol. The van der Waals surface area contributed by atoms with Crippen LogP contribution in [0.3, 0.4) is 0 Å². The van der Waals surface area contributed by atoms with Crippen LogP contribution in [-0.4, -0.2) is 40.1 Å². The maximum atomic E-state index is 10.7. The quantitative estimate of drug-likeness (QED) is 0.416. The summed E-state index contributed by atoms with van der Waals surface area (Å²) in [5.41, 5.74) is -5.65. The Kier molecular flexibility index (Phi) is 6.71. The molecule has 0 spiro atoms. The van der Waals surface area contributed by atoms with Crippen LogP contribution in [0.15, 0.2) is 60.7 Å². The molecular formula is C13H10F3O3SSb. The first-order valence-electron chi connectivity index (χ1n) is 5.54. The van der Waals surface area contributed by atoms with Crippen LogP contribution in [0.5, 0.6) is 0 Å². The Balaban J connectivity index is 0.000000240. The van der Waals surface area contributed by atoms with Gasteiger partial charge in [-0.1, -0.05) is 0 Å². The summed E-state index contributed by atoms with van der Waals surface area (Å²) in [6.45, 7) is 0. The van der Waals surface area contributed by atoms with E-state index in [9.17, 15) is 13.2 Å². The number of alkyl halides is 3. The first-order valence-corrected chi connectivity index (χ1v) is 9.50. The molecule has 0 N–H and O–H groups in total. The van der Waals surface area contributed by atoms with Crippen molar-refractivity contribution >= 4 is 38.8 Å². The van der Waals surface area contributed by atoms with E-state index in [1.807, 2.05) is 0 Å². The molecule has 0 atom stereocenters. The number of benzene rings is 2. The standard InChI is InChI=1S/2C6H5.CHF3O3S.Sb/c2*1-2-4-6-5-3-1;2-1(3,4)8(5,6)7;/h2*1-5H;(H,5,6,7);/q;;;+1/p-1. The summed E-state index contributed by atoms with van der Waals surface area (Å²) in [5.74, 6) is 0. The molecule has 0 aliphatic carbocycles. The average molecular weight is 425 g/mol. The molecule has 21 heavy (non-hydrogen) atoms. The molecular weight excluding hydrogens is 415 g/mol. The molecule has 2 aromatic rings. The molecule has 0 bridgehead atoms. The van der Waals surface area contributed by atoms with E-state index in [4.69, 9.17) is 13.0 Å². The molecule has 2 radical (unpaired) electrons. The second-order valence-electron chi connectivity index (χ2n) is 3.68. The first-order chi connectivity index (χ1) is 9.70. The molecule has 8 heteroatoms. The fourth-order valence-electron chi connectivity index (χ4n) is 1.15. The Labute approximate surface area is 131 Å². The zero-order valence-electron chi connectivity index (χ0n) is 10.5. The Morgan fingerprint density at radius 3 is 1.33 bits per heavy atom. The summed E-state index contributed by atoms with van der Waals surface area (Å²) >= 11 is -0.335. The average Bonchev–Trinajstić information content (AvgIpc) is 2.39. The van der Waals surface area contributed by atoms with Crippen molar-refractivity contribution in [2.45, 2.75) is 5.51 Å². The van der Waals surface area contributed by atoms with Crippen LogP contribution in [0.1, 0.15) is 0 Å². The van der Waals surface area contributed by atoms with E-state index in [1.54, 1.807) is 0 Å². The van der Waals surface area contributed by atoms with E-state index in [2.05, 4.69) is 60.7 Å². The molecule has 3 nitrogen and oxygen atoms in total. The Morgan fingerprint density at radius 2 is 1.10 bits per heavy atom. The molecule has 0 saturated carbocycles. The molecule has 0 aromatic heterocycles. The molecule has 0 fully saturated rings. The van der Waals surface area contributed by atoms with E-state index in [0.717, 1.165) is 0 Å². The zero-order chi connectivity index (χ0) is 15.9. The van der Waals surface area contributed by atoms with Gasteiger partial charge in [-0.25, -0.2) is 8.42 Å². The van der Waals surface area contributed by atoms with Crippen molar-refractivity contribution in [2.75, 3.05) is 0 Å². The second kappa shape index (κ2) is 7.82. The molecule has 0 heterocycles. The summed E-state index contributed by atoms with van der Waals surface area (Å²) in [7, 11) is -6.09. The van der Waals surface area contributed by atoms with Crippen molar-refractivity contribution in [3.8, 4) is 0 Å². The van der Waals surface area contributed by atoms with Gasteiger partial charge in [-0.2, -0.15) is 13.2 Å². The van der Waals surface area contributed by atoms with Crippen LogP contribution < -0.4 is 7.02 Å². The second-order valence-corrected chi connectivity index (χ2v) is 8.64. The van der Waals surface area contributed by atoms with Crippen molar-refractivity contribution in [3.63, 3.8) is 0 Å². The van der Waals surface area contributed by atoms with Crippen LogP contribution >= 0.6 is 0 Å². The fourth-order valence-corrected chi connectivity index (χ4v) is 3.84. The van der Waals surface area contributed by atoms with Crippen molar-refractivity contribution in [1.29, 1.82) is 0 Å². The van der Waals surface area contributed by atoms with Crippen LogP contribution in [0.2, 0.25) is 0 Å². The van der Waals surface area contributed by atoms with Gasteiger partial charge in [0.1, 0.15) is 0 Å². The van der Waals surface area contributed by atoms with Crippen LogP contribution in [0.4, 0.5) is 13.2 Å². The molecule has 112 valence electrons. The molecule has 2 aromatic carbocycles. The minimum absolute atomic E-state index is 0.335. The van der Waals surface area contributed by atoms with E-state index in [0.29, 0.717) is 0 Å². The third-order valence-electron chi connectivity index (χ3n) is 2.05. The van der Waals surface area contributed by atoms with Crippen molar-refractivity contribution in [2.24, 2.45) is 0 Å². The Morgan fingerprint density at radius 1 is 0.810 bits per heavy atom. The van der Waals surface area contributed by atoms with Gasteiger partial charge < -0.3 is 4.55 Å². The number of hydrogen-bond donors (Lipinski definition) is 0. The third kappa shape index (κ3) is 6.97. The molecule has 0 amide bonds. The van der Waals surface area contributed by atoms with E-state index in [-0.39, 0.29) is 21.6 Å². The van der Waals surface area contributed by atoms with Gasteiger partial charge in [0.2, 0.25) is 0 Å². The number of halogens is 3. The number of rotatable bonds is 2. The molecule has 0 aliphatic rings. The topological polar surface area (TPSA) is 57.2 Å². The predicted octanol–water partition coefficient (Wildman–Crippen LogP) is 1.39. The number of hydrogen-bond acceptors (Lipinski definition) is 3. The minimum atomic E-state index is -6.09. The monoisotopic (exact) mass is 424 g/mol. The van der Waals surface area contributed by atoms with Gasteiger partial charge in [-0.05, 0) is 0 Å². The van der Waals surface area contributed by atoms with Gasteiger partial charge in [0.15, 0.2) is 10.1 Å². The summed E-state index contributed by atoms with van der Waals surface area (Å²) in [6.07, 6.45) is 0. The molecule has 0 aliphatic heterocycles. The molecule has 0 unspecified atom stereocenters. The van der Waals surface area contributed by atoms with Gasteiger partial charge in [-0.3, -0.25) is 0 Å².